The number of amides is 2. The topological polar surface area (TPSA) is 401 Å². The average Bonchev–Trinajstić information content (AvgIpc) is 3.64. The van der Waals surface area contributed by atoms with Crippen molar-refractivity contribution in [1.29, 1.82) is 0 Å². The number of carboxylic acid groups (broad SMARTS) is 1. The van der Waals surface area contributed by atoms with Crippen LogP contribution in [-0.4, -0.2) is 134 Å². The molecule has 11 N–H and O–H groups in total. The Morgan fingerprint density at radius 1 is 1.07 bits per heavy atom. The van der Waals surface area contributed by atoms with Crippen LogP contribution < -0.4 is 16.4 Å². The van der Waals surface area contributed by atoms with Gasteiger partial charge in [0.05, 0.1) is 26.0 Å². The number of nitrogens with two attached hydrogens (primary N) is 1. The molecule has 26 nitrogen and oxygen atoms in total. The number of rotatable bonds is 22. The molecule has 1 saturated heterocycles. The van der Waals surface area contributed by atoms with Crippen LogP contribution in [0.3, 0.4) is 0 Å². The van der Waals surface area contributed by atoms with E-state index in [4.69, 9.17) is 24.6 Å². The van der Waals surface area contributed by atoms with E-state index in [1.807, 2.05) is 0 Å². The van der Waals surface area contributed by atoms with E-state index in [1.165, 1.54) is 19.9 Å². The quantitative estimate of drug-likeness (QED) is 0.0373. The van der Waals surface area contributed by atoms with Crippen molar-refractivity contribution in [3.8, 4) is 0 Å². The van der Waals surface area contributed by atoms with Crippen LogP contribution in [0.15, 0.2) is 24.8 Å². The van der Waals surface area contributed by atoms with E-state index in [9.17, 15) is 62.7 Å². The number of imidazole rings is 1. The summed E-state index contributed by atoms with van der Waals surface area (Å²) in [7, 11) is -16.4. The molecule has 0 aliphatic carbocycles. The normalized spacial score (nSPS) is 21.7. The SMILES string of the molecule is CC(C)(COP(=O)(O)OP(=O)(O)OC[C@H]1O[C@@H](n2cnc3c(N)ncnc32)[C@H](O)[C@@H]1OP(=O)(O)O)C(O)C(=O)NCCC(=O)NCCSC(=O)C=CCC(=O)O. The van der Waals surface area contributed by atoms with Gasteiger partial charge in [0.2, 0.25) is 16.9 Å². The summed E-state index contributed by atoms with van der Waals surface area (Å²) in [6.07, 6.45) is -5.12. The number of nitrogen functional groups attached to an aromatic ring is 1. The second-order valence-corrected chi connectivity index (χ2v) is 17.6. The van der Waals surface area contributed by atoms with Crippen molar-refractivity contribution in [1.82, 2.24) is 30.2 Å². The van der Waals surface area contributed by atoms with Crippen LogP contribution in [0.1, 0.15) is 32.9 Å². The maximum atomic E-state index is 12.7. The first-order valence-electron chi connectivity index (χ1n) is 15.9. The van der Waals surface area contributed by atoms with Crippen molar-refractivity contribution in [3.63, 3.8) is 0 Å². The largest absolute Gasteiger partial charge is 0.481 e. The molecule has 1 aliphatic rings. The number of carbonyl (C=O) groups is 4. The number of aliphatic hydroxyl groups excluding tert-OH is 2. The van der Waals surface area contributed by atoms with Crippen LogP contribution in [0.4, 0.5) is 5.82 Å². The van der Waals surface area contributed by atoms with Crippen LogP contribution in [0.25, 0.3) is 11.2 Å². The van der Waals surface area contributed by atoms with E-state index in [2.05, 4.69) is 34.4 Å². The summed E-state index contributed by atoms with van der Waals surface area (Å²) >= 11 is 0.842. The van der Waals surface area contributed by atoms with Crippen molar-refractivity contribution in [2.75, 3.05) is 37.8 Å². The molecule has 314 valence electrons. The van der Waals surface area contributed by atoms with Gasteiger partial charge >= 0.3 is 29.4 Å². The molecule has 0 aromatic carbocycles. The number of carbonyl (C=O) groups excluding carboxylic acids is 3. The highest BCUT2D eigenvalue weighted by Crippen LogP contribution is 2.61. The average molecular weight is 880 g/mol. The first kappa shape index (κ1) is 47.1. The molecule has 3 heterocycles. The molecule has 0 spiro atoms. The molecule has 3 unspecified atom stereocenters. The summed E-state index contributed by atoms with van der Waals surface area (Å²) in [5, 5.41) is 34.3. The zero-order valence-corrected chi connectivity index (χ0v) is 32.8. The Hall–Kier alpha value is -3.23. The van der Waals surface area contributed by atoms with Gasteiger partial charge in [-0.25, -0.2) is 28.6 Å². The van der Waals surface area contributed by atoms with Gasteiger partial charge in [0.1, 0.15) is 36.3 Å². The molecule has 56 heavy (non-hydrogen) atoms. The number of anilines is 1. The molecule has 0 bridgehead atoms. The zero-order chi connectivity index (χ0) is 42.1. The summed E-state index contributed by atoms with van der Waals surface area (Å²) in [5.74, 6) is -2.50. The molecule has 0 saturated carbocycles. The molecule has 2 aromatic heterocycles. The second-order valence-electron chi connectivity index (χ2n) is 12.2. The van der Waals surface area contributed by atoms with Gasteiger partial charge in [-0.05, 0) is 6.08 Å². The Morgan fingerprint density at radius 2 is 1.75 bits per heavy atom. The van der Waals surface area contributed by atoms with Gasteiger partial charge in [0, 0.05) is 30.7 Å². The number of hydrogen-bond donors (Lipinski definition) is 10. The fourth-order valence-electron chi connectivity index (χ4n) is 4.59. The number of thioether (sulfide) groups is 1. The summed E-state index contributed by atoms with van der Waals surface area (Å²) in [6.45, 7) is 0.211. The van der Waals surface area contributed by atoms with E-state index >= 15 is 0 Å². The Morgan fingerprint density at radius 3 is 2.41 bits per heavy atom. The van der Waals surface area contributed by atoms with E-state index in [0.29, 0.717) is 0 Å². The minimum absolute atomic E-state index is 0.0192. The van der Waals surface area contributed by atoms with Crippen LogP contribution in [0.2, 0.25) is 0 Å². The zero-order valence-electron chi connectivity index (χ0n) is 29.3. The van der Waals surface area contributed by atoms with E-state index in [-0.39, 0.29) is 48.7 Å². The Balaban J connectivity index is 1.48. The molecular formula is C26H40N7O19P3S. The van der Waals surface area contributed by atoms with Crippen molar-refractivity contribution in [3.05, 3.63) is 24.8 Å². The monoisotopic (exact) mass is 879 g/mol. The number of fused-ring (bicyclic) bond motifs is 1. The van der Waals surface area contributed by atoms with Gasteiger partial charge in [-0.1, -0.05) is 31.7 Å². The fraction of sp³-hybridized carbons (Fsp3) is 0.577. The number of nitrogens with zero attached hydrogens (tertiary/aromatic N) is 4. The first-order valence-corrected chi connectivity index (χ1v) is 21.4. The summed E-state index contributed by atoms with van der Waals surface area (Å²) in [4.78, 5) is 97.4. The lowest BCUT2D eigenvalue weighted by molar-refractivity contribution is -0.137. The van der Waals surface area contributed by atoms with Gasteiger partial charge in [0.25, 0.3) is 0 Å². The number of carboxylic acids is 1. The van der Waals surface area contributed by atoms with E-state index < -0.39 is 95.6 Å². The lowest BCUT2D eigenvalue weighted by atomic mass is 9.87. The molecule has 1 aliphatic heterocycles. The van der Waals surface area contributed by atoms with Gasteiger partial charge < -0.3 is 56.0 Å². The lowest BCUT2D eigenvalue weighted by Gasteiger charge is -2.30. The van der Waals surface area contributed by atoms with E-state index in [0.717, 1.165) is 35.1 Å². The minimum atomic E-state index is -5.59. The van der Waals surface area contributed by atoms with Crippen LogP contribution in [0.5, 0.6) is 0 Å². The third kappa shape index (κ3) is 14.6. The predicted molar refractivity (Wildman–Crippen MR) is 188 cm³/mol. The molecule has 0 radical (unpaired) electrons. The van der Waals surface area contributed by atoms with Gasteiger partial charge in [-0.2, -0.15) is 4.31 Å². The van der Waals surface area contributed by atoms with Crippen LogP contribution in [0, 0.1) is 5.41 Å². The highest BCUT2D eigenvalue weighted by Gasteiger charge is 2.50. The van der Waals surface area contributed by atoms with Crippen LogP contribution >= 0.6 is 35.2 Å². The number of phosphoric acid groups is 3. The van der Waals surface area contributed by atoms with E-state index in [1.54, 1.807) is 0 Å². The molecule has 3 rings (SSSR count). The molecule has 30 heteroatoms. The number of aromatic nitrogens is 4. The van der Waals surface area contributed by atoms with Gasteiger partial charge in [-0.3, -0.25) is 37.3 Å². The molecule has 2 amide bonds. The maximum Gasteiger partial charge on any atom is 0.481 e. The number of ether oxygens (including phenoxy) is 1. The summed E-state index contributed by atoms with van der Waals surface area (Å²) < 4.78 is 61.9. The number of hydrogen-bond acceptors (Lipinski definition) is 19. The maximum absolute atomic E-state index is 12.7. The van der Waals surface area contributed by atoms with Crippen molar-refractivity contribution < 1.29 is 90.4 Å². The standard InChI is InChI=1S/C26H40N7O19P3S/c1-26(2,21(39)24(40)29-7-6-15(34)28-8-9-56-17(37)5-3-4-16(35)36)11-49-55(46,47)52-54(44,45)48-10-14-20(51-53(41,42)43)19(38)25(50-14)33-13-32-18-22(27)30-12-31-23(18)33/h3,5,12-14,19-21,25,38-39H,4,6-11H2,1-2H3,(H,28,34)(H,29,40)(H,35,36)(H,44,45)(H,46,47)(H2,27,30,31)(H2,41,42,43)/t14-,19-,20-,21?,25-/m1/s1. The molecule has 7 atom stereocenters. The Kier molecular flexibility index (Phi) is 16.8. The van der Waals surface area contributed by atoms with Crippen LogP contribution in [-0.2, 0) is 55.5 Å². The van der Waals surface area contributed by atoms with Crippen molar-refractivity contribution >= 4 is 75.1 Å². The first-order chi connectivity index (χ1) is 25.9. The number of aliphatic hydroxyl groups is 2. The third-order valence-electron chi connectivity index (χ3n) is 7.29. The fourth-order valence-corrected chi connectivity index (χ4v) is 8.01. The predicted octanol–water partition coefficient (Wildman–Crippen LogP) is -1.30. The van der Waals surface area contributed by atoms with Gasteiger partial charge in [0.15, 0.2) is 17.7 Å². The summed E-state index contributed by atoms with van der Waals surface area (Å²) in [5.41, 5.74) is 4.20. The van der Waals surface area contributed by atoms with Crippen molar-refractivity contribution in [2.24, 2.45) is 5.41 Å². The smallest absolute Gasteiger partial charge is 0.481 e. The Bertz CT molecular complexity index is 1910. The lowest BCUT2D eigenvalue weighted by Crippen LogP contribution is -2.46. The number of nitrogens with one attached hydrogen (secondary N) is 2. The highest BCUT2D eigenvalue weighted by atomic mass is 32.2. The van der Waals surface area contributed by atoms with Crippen molar-refractivity contribution in [2.45, 2.75) is 57.3 Å². The highest BCUT2D eigenvalue weighted by molar-refractivity contribution is 8.14. The third-order valence-corrected chi connectivity index (χ3v) is 11.2. The number of phosphoric ester groups is 3. The summed E-state index contributed by atoms with van der Waals surface area (Å²) in [6, 6.07) is 0. The number of aliphatic carboxylic acids is 1. The van der Waals surface area contributed by atoms with Gasteiger partial charge in [-0.15, -0.1) is 0 Å². The molecule has 2 aromatic rings. The minimum Gasteiger partial charge on any atom is -0.481 e. The molecular weight excluding hydrogens is 839 g/mol. The second kappa shape index (κ2) is 20.0. The Labute approximate surface area is 320 Å². The molecule has 1 fully saturated rings.